The molecule has 1 unspecified atom stereocenters. The number of ether oxygens (including phenoxy) is 1. The highest BCUT2D eigenvalue weighted by molar-refractivity contribution is 5.78. The summed E-state index contributed by atoms with van der Waals surface area (Å²) in [6.07, 6.45) is 4.56. The first-order valence-electron chi connectivity index (χ1n) is 7.19. The number of nitrogens with two attached hydrogens (primary N) is 2. The van der Waals surface area contributed by atoms with Crippen molar-refractivity contribution in [2.75, 3.05) is 30.5 Å². The lowest BCUT2D eigenvalue weighted by Gasteiger charge is -2.32. The van der Waals surface area contributed by atoms with Gasteiger partial charge in [0.1, 0.15) is 17.2 Å². The van der Waals surface area contributed by atoms with Crippen LogP contribution in [-0.4, -0.2) is 35.3 Å². The van der Waals surface area contributed by atoms with Crippen LogP contribution in [0, 0.1) is 0 Å². The van der Waals surface area contributed by atoms with Crippen molar-refractivity contribution >= 4 is 23.5 Å². The zero-order valence-corrected chi connectivity index (χ0v) is 13.0. The van der Waals surface area contributed by atoms with Crippen molar-refractivity contribution in [2.24, 2.45) is 0 Å². The maximum atomic E-state index is 9.72. The molecule has 3 rings (SSSR count). The molecular weight excluding hydrogens is 294 g/mol. The number of fused-ring (bicyclic) bond motifs is 1. The molecule has 0 amide bonds. The van der Waals surface area contributed by atoms with Crippen molar-refractivity contribution in [3.63, 3.8) is 0 Å². The molecule has 0 saturated carbocycles. The molecule has 1 atom stereocenters. The maximum Gasteiger partial charge on any atom is 0.222 e. The first kappa shape index (κ1) is 15.0. The number of aromatic nitrogens is 2. The van der Waals surface area contributed by atoms with E-state index in [1.54, 1.807) is 25.3 Å². The fourth-order valence-electron chi connectivity index (χ4n) is 2.84. The van der Waals surface area contributed by atoms with E-state index in [0.29, 0.717) is 17.9 Å². The summed E-state index contributed by atoms with van der Waals surface area (Å²) < 4.78 is 5.37. The van der Waals surface area contributed by atoms with Gasteiger partial charge in [0, 0.05) is 19.0 Å². The van der Waals surface area contributed by atoms with Gasteiger partial charge in [-0.15, -0.1) is 0 Å². The van der Waals surface area contributed by atoms with Crippen LogP contribution in [0.3, 0.4) is 0 Å². The number of anilines is 3. The molecule has 1 aliphatic heterocycles. The molecule has 7 heteroatoms. The standard InChI is InChI=1S/C16H19N5O2/c1-21-10(7-9-8-11(22)4-6-13(9)23-2)3-5-12-14(21)15(17)20-16(18)19-12/h3-6,8,10,22H,7H2,1-2H3,(H4,17,18,19,20). The van der Waals surface area contributed by atoms with E-state index in [4.69, 9.17) is 16.2 Å². The van der Waals surface area contributed by atoms with Gasteiger partial charge in [0.2, 0.25) is 5.95 Å². The highest BCUT2D eigenvalue weighted by Crippen LogP contribution is 2.34. The molecule has 7 nitrogen and oxygen atoms in total. The predicted octanol–water partition coefficient (Wildman–Crippen LogP) is 1.43. The molecule has 0 aliphatic carbocycles. The normalized spacial score (nSPS) is 16.3. The van der Waals surface area contributed by atoms with Crippen LogP contribution in [0.5, 0.6) is 11.5 Å². The number of hydrogen-bond donors (Lipinski definition) is 3. The molecule has 1 aromatic carbocycles. The second kappa shape index (κ2) is 5.68. The van der Waals surface area contributed by atoms with E-state index in [1.807, 2.05) is 24.1 Å². The highest BCUT2D eigenvalue weighted by atomic mass is 16.5. The number of rotatable bonds is 3. The molecule has 0 radical (unpaired) electrons. The van der Waals surface area contributed by atoms with Gasteiger partial charge >= 0.3 is 0 Å². The van der Waals surface area contributed by atoms with E-state index >= 15 is 0 Å². The van der Waals surface area contributed by atoms with Gasteiger partial charge in [0.25, 0.3) is 0 Å². The predicted molar refractivity (Wildman–Crippen MR) is 90.4 cm³/mol. The van der Waals surface area contributed by atoms with Gasteiger partial charge in [-0.2, -0.15) is 4.98 Å². The summed E-state index contributed by atoms with van der Waals surface area (Å²) in [4.78, 5) is 10.2. The van der Waals surface area contributed by atoms with Crippen molar-refractivity contribution in [2.45, 2.75) is 12.5 Å². The van der Waals surface area contributed by atoms with Gasteiger partial charge < -0.3 is 26.2 Å². The van der Waals surface area contributed by atoms with E-state index < -0.39 is 0 Å². The Hall–Kier alpha value is -2.96. The number of hydrogen-bond acceptors (Lipinski definition) is 7. The van der Waals surface area contributed by atoms with Crippen LogP contribution in [0.4, 0.5) is 17.5 Å². The topological polar surface area (TPSA) is 111 Å². The Bertz CT molecular complexity index is 775. The number of benzene rings is 1. The molecule has 1 aromatic heterocycles. The Morgan fingerprint density at radius 1 is 1.30 bits per heavy atom. The van der Waals surface area contributed by atoms with Crippen LogP contribution in [0.15, 0.2) is 24.3 Å². The van der Waals surface area contributed by atoms with Gasteiger partial charge in [0.15, 0.2) is 5.82 Å². The van der Waals surface area contributed by atoms with Crippen LogP contribution in [0.25, 0.3) is 6.08 Å². The minimum Gasteiger partial charge on any atom is -0.508 e. The molecule has 0 saturated heterocycles. The molecule has 0 bridgehead atoms. The Labute approximate surface area is 134 Å². The first-order valence-corrected chi connectivity index (χ1v) is 7.19. The molecule has 5 N–H and O–H groups in total. The van der Waals surface area contributed by atoms with E-state index in [9.17, 15) is 5.11 Å². The summed E-state index contributed by atoms with van der Waals surface area (Å²) in [6, 6.07) is 5.10. The number of nitrogens with zero attached hydrogens (tertiary/aromatic N) is 3. The average molecular weight is 313 g/mol. The fourth-order valence-corrected chi connectivity index (χ4v) is 2.84. The van der Waals surface area contributed by atoms with Gasteiger partial charge in [-0.25, -0.2) is 4.98 Å². The summed E-state index contributed by atoms with van der Waals surface area (Å²) in [5.74, 6) is 1.45. The quantitative estimate of drug-likeness (QED) is 0.786. The number of methoxy groups -OCH3 is 1. The molecule has 2 aromatic rings. The summed E-state index contributed by atoms with van der Waals surface area (Å²) in [5, 5.41) is 9.72. The molecule has 23 heavy (non-hydrogen) atoms. The number of aromatic hydroxyl groups is 1. The van der Waals surface area contributed by atoms with Gasteiger partial charge in [-0.05, 0) is 24.3 Å². The zero-order valence-electron chi connectivity index (χ0n) is 13.0. The second-order valence-electron chi connectivity index (χ2n) is 5.44. The van der Waals surface area contributed by atoms with Crippen molar-refractivity contribution in [3.8, 4) is 11.5 Å². The van der Waals surface area contributed by atoms with Crippen molar-refractivity contribution in [1.29, 1.82) is 0 Å². The third kappa shape index (κ3) is 2.73. The average Bonchev–Trinajstić information content (AvgIpc) is 2.49. The first-order chi connectivity index (χ1) is 11.0. The van der Waals surface area contributed by atoms with E-state index in [0.717, 1.165) is 17.0 Å². The summed E-state index contributed by atoms with van der Waals surface area (Å²) in [7, 11) is 3.54. The van der Waals surface area contributed by atoms with Crippen LogP contribution in [0.2, 0.25) is 0 Å². The molecule has 0 fully saturated rings. The maximum absolute atomic E-state index is 9.72. The van der Waals surface area contributed by atoms with Crippen LogP contribution < -0.4 is 21.1 Å². The van der Waals surface area contributed by atoms with E-state index in [-0.39, 0.29) is 17.7 Å². The zero-order chi connectivity index (χ0) is 16.6. The fraction of sp³-hybridized carbons (Fsp3) is 0.250. The lowest BCUT2D eigenvalue weighted by atomic mass is 9.99. The molecule has 0 spiro atoms. The number of likely N-dealkylation sites (N-methyl/N-ethyl adjacent to an activating group) is 1. The number of phenols is 1. The SMILES string of the molecule is COc1ccc(O)cc1CC1C=Cc2nc(N)nc(N)c2N1C. The van der Waals surface area contributed by atoms with E-state index in [1.165, 1.54) is 0 Å². The molecule has 120 valence electrons. The third-order valence-electron chi connectivity index (χ3n) is 3.97. The smallest absolute Gasteiger partial charge is 0.222 e. The minimum atomic E-state index is 0.0349. The monoisotopic (exact) mass is 313 g/mol. The Morgan fingerprint density at radius 3 is 2.83 bits per heavy atom. The van der Waals surface area contributed by atoms with Crippen LogP contribution in [-0.2, 0) is 6.42 Å². The van der Waals surface area contributed by atoms with Crippen LogP contribution in [0.1, 0.15) is 11.3 Å². The summed E-state index contributed by atoms with van der Waals surface area (Å²) in [6.45, 7) is 0. The van der Waals surface area contributed by atoms with Gasteiger partial charge in [-0.1, -0.05) is 6.08 Å². The summed E-state index contributed by atoms with van der Waals surface area (Å²) in [5.41, 5.74) is 14.0. The lowest BCUT2D eigenvalue weighted by molar-refractivity contribution is 0.405. The minimum absolute atomic E-state index is 0.0349. The third-order valence-corrected chi connectivity index (χ3v) is 3.97. The van der Waals surface area contributed by atoms with Crippen molar-refractivity contribution in [1.82, 2.24) is 9.97 Å². The Balaban J connectivity index is 1.94. The lowest BCUT2D eigenvalue weighted by Crippen LogP contribution is -2.35. The summed E-state index contributed by atoms with van der Waals surface area (Å²) >= 11 is 0. The molecular formula is C16H19N5O2. The van der Waals surface area contributed by atoms with Crippen molar-refractivity contribution < 1.29 is 9.84 Å². The van der Waals surface area contributed by atoms with Gasteiger partial charge in [0.05, 0.1) is 18.8 Å². The molecule has 2 heterocycles. The largest absolute Gasteiger partial charge is 0.508 e. The Morgan fingerprint density at radius 2 is 2.09 bits per heavy atom. The Kier molecular flexibility index (Phi) is 3.69. The molecule has 1 aliphatic rings. The van der Waals surface area contributed by atoms with Crippen molar-refractivity contribution in [3.05, 3.63) is 35.5 Å². The highest BCUT2D eigenvalue weighted by Gasteiger charge is 2.24. The second-order valence-corrected chi connectivity index (χ2v) is 5.44. The van der Waals surface area contributed by atoms with Crippen LogP contribution >= 0.6 is 0 Å². The number of phenolic OH excluding ortho intramolecular Hbond substituents is 1. The number of nitrogen functional groups attached to an aromatic ring is 2. The van der Waals surface area contributed by atoms with Gasteiger partial charge in [-0.3, -0.25) is 0 Å². The van der Waals surface area contributed by atoms with E-state index in [2.05, 4.69) is 9.97 Å².